The minimum atomic E-state index is -0.693. The van der Waals surface area contributed by atoms with Crippen LogP contribution in [-0.2, 0) is 0 Å². The molecule has 0 radical (unpaired) electrons. The summed E-state index contributed by atoms with van der Waals surface area (Å²) in [6.07, 6.45) is 0.290. The number of benzene rings is 1. The zero-order chi connectivity index (χ0) is 15.1. The lowest BCUT2D eigenvalue weighted by atomic mass is 10.1. The van der Waals surface area contributed by atoms with Crippen molar-refractivity contribution in [1.82, 2.24) is 5.32 Å². The predicted molar refractivity (Wildman–Crippen MR) is 77.2 cm³/mol. The molecule has 112 valence electrons. The largest absolute Gasteiger partial charge is 0.484 e. The van der Waals surface area contributed by atoms with Crippen molar-refractivity contribution in [2.45, 2.75) is 33.3 Å². The fourth-order valence-electron chi connectivity index (χ4n) is 1.94. The number of ether oxygens (including phenoxy) is 1. The molecular formula is C14H22N2O4. The van der Waals surface area contributed by atoms with Crippen molar-refractivity contribution in [3.8, 4) is 5.75 Å². The third-order valence-corrected chi connectivity index (χ3v) is 2.82. The molecular weight excluding hydrogens is 260 g/mol. The molecule has 0 saturated heterocycles. The highest BCUT2D eigenvalue weighted by molar-refractivity contribution is 5.53. The van der Waals surface area contributed by atoms with E-state index in [0.29, 0.717) is 12.1 Å². The zero-order valence-electron chi connectivity index (χ0n) is 12.2. The van der Waals surface area contributed by atoms with Gasteiger partial charge in [0.15, 0.2) is 5.75 Å². The van der Waals surface area contributed by atoms with Crippen LogP contribution in [-0.4, -0.2) is 35.8 Å². The summed E-state index contributed by atoms with van der Waals surface area (Å²) in [5, 5.41) is 23.9. The monoisotopic (exact) mass is 282 g/mol. The molecule has 1 rings (SSSR count). The lowest BCUT2D eigenvalue weighted by Crippen LogP contribution is -2.32. The van der Waals surface area contributed by atoms with Crippen molar-refractivity contribution in [2.75, 3.05) is 19.7 Å². The normalized spacial score (nSPS) is 12.2. The highest BCUT2D eigenvalue weighted by Gasteiger charge is 2.19. The molecule has 20 heavy (non-hydrogen) atoms. The fourth-order valence-corrected chi connectivity index (χ4v) is 1.94. The van der Waals surface area contributed by atoms with E-state index in [1.54, 1.807) is 13.8 Å². The van der Waals surface area contributed by atoms with Crippen molar-refractivity contribution in [2.24, 2.45) is 0 Å². The van der Waals surface area contributed by atoms with Crippen molar-refractivity contribution in [3.05, 3.63) is 33.4 Å². The number of nitro benzene ring substituents is 1. The summed E-state index contributed by atoms with van der Waals surface area (Å²) in [6, 6.07) is 3.30. The quantitative estimate of drug-likeness (QED) is 0.432. The summed E-state index contributed by atoms with van der Waals surface area (Å²) in [7, 11) is 0. The van der Waals surface area contributed by atoms with Gasteiger partial charge in [-0.3, -0.25) is 10.1 Å². The number of hydrogen-bond donors (Lipinski definition) is 2. The zero-order valence-corrected chi connectivity index (χ0v) is 12.2. The Bertz CT molecular complexity index is 463. The first-order valence-electron chi connectivity index (χ1n) is 6.73. The van der Waals surface area contributed by atoms with Gasteiger partial charge in [0.05, 0.1) is 4.92 Å². The van der Waals surface area contributed by atoms with Crippen LogP contribution in [0.2, 0.25) is 0 Å². The minimum absolute atomic E-state index is 0.0292. The van der Waals surface area contributed by atoms with Crippen LogP contribution in [0.5, 0.6) is 5.75 Å². The Labute approximate surface area is 118 Å². The lowest BCUT2D eigenvalue weighted by Gasteiger charge is -2.14. The van der Waals surface area contributed by atoms with E-state index < -0.39 is 11.0 Å². The van der Waals surface area contributed by atoms with Crippen molar-refractivity contribution in [3.63, 3.8) is 0 Å². The van der Waals surface area contributed by atoms with Gasteiger partial charge in [-0.25, -0.2) is 0 Å². The highest BCUT2D eigenvalue weighted by atomic mass is 16.6. The molecule has 0 spiro atoms. The van der Waals surface area contributed by atoms with E-state index in [2.05, 4.69) is 5.32 Å². The molecule has 2 N–H and O–H groups in total. The van der Waals surface area contributed by atoms with Gasteiger partial charge in [-0.15, -0.1) is 0 Å². The molecule has 0 aliphatic heterocycles. The van der Waals surface area contributed by atoms with Crippen molar-refractivity contribution in [1.29, 1.82) is 0 Å². The van der Waals surface area contributed by atoms with Gasteiger partial charge in [0, 0.05) is 12.6 Å². The van der Waals surface area contributed by atoms with Crippen LogP contribution in [0.3, 0.4) is 0 Å². The second-order valence-corrected chi connectivity index (χ2v) is 4.86. The van der Waals surface area contributed by atoms with E-state index >= 15 is 0 Å². The molecule has 0 aliphatic rings. The number of nitrogens with zero attached hydrogens (tertiary/aromatic N) is 1. The van der Waals surface area contributed by atoms with Gasteiger partial charge < -0.3 is 15.2 Å². The summed E-state index contributed by atoms with van der Waals surface area (Å²) < 4.78 is 5.45. The smallest absolute Gasteiger partial charge is 0.311 e. The molecule has 0 fully saturated rings. The molecule has 6 nitrogen and oxygen atoms in total. The summed E-state index contributed by atoms with van der Waals surface area (Å²) >= 11 is 0. The molecule has 0 saturated carbocycles. The van der Waals surface area contributed by atoms with Crippen LogP contribution < -0.4 is 10.1 Å². The molecule has 1 aromatic rings. The third kappa shape index (κ3) is 4.79. The molecule has 0 heterocycles. The summed E-state index contributed by atoms with van der Waals surface area (Å²) in [4.78, 5) is 10.6. The Balaban J connectivity index is 2.70. The van der Waals surface area contributed by atoms with E-state index in [1.165, 1.54) is 6.07 Å². The van der Waals surface area contributed by atoms with Gasteiger partial charge in [0.2, 0.25) is 0 Å². The van der Waals surface area contributed by atoms with Gasteiger partial charge in [-0.05, 0) is 37.9 Å². The van der Waals surface area contributed by atoms with Crippen LogP contribution in [0.25, 0.3) is 0 Å². The number of aliphatic hydroxyl groups excluding tert-OH is 1. The molecule has 1 unspecified atom stereocenters. The molecule has 6 heteroatoms. The van der Waals surface area contributed by atoms with Gasteiger partial charge in [0.1, 0.15) is 12.7 Å². The lowest BCUT2D eigenvalue weighted by molar-refractivity contribution is -0.386. The van der Waals surface area contributed by atoms with Crippen LogP contribution in [0, 0.1) is 24.0 Å². The average molecular weight is 282 g/mol. The Kier molecular flexibility index (Phi) is 6.41. The highest BCUT2D eigenvalue weighted by Crippen LogP contribution is 2.32. The van der Waals surface area contributed by atoms with E-state index in [1.807, 2.05) is 13.0 Å². The molecule has 0 aromatic heterocycles. The first-order chi connectivity index (χ1) is 9.45. The Morgan fingerprint density at radius 1 is 1.45 bits per heavy atom. The Morgan fingerprint density at radius 3 is 2.75 bits per heavy atom. The van der Waals surface area contributed by atoms with Crippen molar-refractivity contribution < 1.29 is 14.8 Å². The maximum absolute atomic E-state index is 11.0. The topological polar surface area (TPSA) is 84.6 Å². The predicted octanol–water partition coefficient (Wildman–Crippen LogP) is 1.95. The second-order valence-electron chi connectivity index (χ2n) is 4.86. The molecule has 0 aliphatic carbocycles. The summed E-state index contributed by atoms with van der Waals surface area (Å²) in [5.41, 5.74) is 1.45. The van der Waals surface area contributed by atoms with Crippen LogP contribution in [0.1, 0.15) is 24.5 Å². The first-order valence-corrected chi connectivity index (χ1v) is 6.73. The molecule has 0 amide bonds. The minimum Gasteiger partial charge on any atom is -0.484 e. The van der Waals surface area contributed by atoms with Crippen LogP contribution in [0.4, 0.5) is 5.69 Å². The average Bonchev–Trinajstić information content (AvgIpc) is 2.37. The maximum atomic E-state index is 11.0. The number of aryl methyl sites for hydroxylation is 2. The second kappa shape index (κ2) is 7.81. The number of hydrogen-bond acceptors (Lipinski definition) is 5. The number of nitrogens with one attached hydrogen (secondary N) is 1. The van der Waals surface area contributed by atoms with Crippen molar-refractivity contribution >= 4 is 5.69 Å². The molecule has 1 atom stereocenters. The SMILES string of the molecule is CCCNCC(O)COc1c(C)cc(C)cc1[N+](=O)[O-]. The summed E-state index contributed by atoms with van der Waals surface area (Å²) in [5.74, 6) is 0.232. The third-order valence-electron chi connectivity index (χ3n) is 2.82. The van der Waals surface area contributed by atoms with Gasteiger partial charge >= 0.3 is 5.69 Å². The summed E-state index contributed by atoms with van der Waals surface area (Å²) in [6.45, 7) is 6.86. The fraction of sp³-hybridized carbons (Fsp3) is 0.571. The first kappa shape index (κ1) is 16.4. The Morgan fingerprint density at radius 2 is 2.15 bits per heavy atom. The maximum Gasteiger partial charge on any atom is 0.311 e. The van der Waals surface area contributed by atoms with E-state index in [9.17, 15) is 15.2 Å². The van der Waals surface area contributed by atoms with Gasteiger partial charge in [-0.2, -0.15) is 0 Å². The van der Waals surface area contributed by atoms with E-state index in [0.717, 1.165) is 18.5 Å². The number of rotatable bonds is 8. The van der Waals surface area contributed by atoms with Crippen LogP contribution >= 0.6 is 0 Å². The van der Waals surface area contributed by atoms with E-state index in [-0.39, 0.29) is 18.0 Å². The standard InChI is InChI=1S/C14H22N2O4/c1-4-5-15-8-12(17)9-20-14-11(3)6-10(2)7-13(14)16(18)19/h6-7,12,15,17H,4-5,8-9H2,1-3H3. The van der Waals surface area contributed by atoms with Gasteiger partial charge in [0.25, 0.3) is 0 Å². The number of aliphatic hydroxyl groups is 1. The molecule has 1 aromatic carbocycles. The number of nitro groups is 1. The van der Waals surface area contributed by atoms with Crippen LogP contribution in [0.15, 0.2) is 12.1 Å². The van der Waals surface area contributed by atoms with E-state index in [4.69, 9.17) is 4.74 Å². The Hall–Kier alpha value is -1.66. The molecule has 0 bridgehead atoms. The van der Waals surface area contributed by atoms with Gasteiger partial charge in [-0.1, -0.05) is 13.0 Å².